The van der Waals surface area contributed by atoms with Crippen molar-refractivity contribution >= 4 is 5.97 Å². The second kappa shape index (κ2) is 3.11. The van der Waals surface area contributed by atoms with Crippen molar-refractivity contribution in [1.29, 1.82) is 0 Å². The van der Waals surface area contributed by atoms with Gasteiger partial charge in [0.1, 0.15) is 0 Å². The highest BCUT2D eigenvalue weighted by Crippen LogP contribution is 2.01. The second-order valence-corrected chi connectivity index (χ2v) is 1.07. The molecule has 9 heavy (non-hydrogen) atoms. The summed E-state index contributed by atoms with van der Waals surface area (Å²) in [6, 6.07) is 0. The molecule has 2 nitrogen and oxygen atoms in total. The summed E-state index contributed by atoms with van der Waals surface area (Å²) in [7, 11) is 0. The van der Waals surface area contributed by atoms with Gasteiger partial charge in [0.15, 0.2) is 0 Å². The Bertz CT molecular complexity index is 132. The fraction of sp³-hybridized carbons (Fsp3) is 0.250. The molecule has 0 atom stereocenters. The Kier molecular flexibility index (Phi) is 2.77. The van der Waals surface area contributed by atoms with Gasteiger partial charge in [0, 0.05) is 0 Å². The Hall–Kier alpha value is -1.00. The molecule has 0 saturated heterocycles. The number of hydrogen-bond acceptors (Lipinski definition) is 2. The zero-order valence-corrected chi connectivity index (χ0v) is 4.23. The largest absolute Gasteiger partial charge is 0.398 e. The Morgan fingerprint density at radius 3 is 2.11 bits per heavy atom. The Labute approximate surface area is 48.9 Å². The molecule has 5 heteroatoms. The normalized spacial score (nSPS) is 9.33. The average Bonchev–Trinajstić information content (AvgIpc) is 1.63. The first-order chi connectivity index (χ1) is 4.04. The van der Waals surface area contributed by atoms with Crippen LogP contribution in [0.15, 0.2) is 12.4 Å². The summed E-state index contributed by atoms with van der Waals surface area (Å²) in [6.45, 7) is -0.853. The maximum absolute atomic E-state index is 11.5. The van der Waals surface area contributed by atoms with Crippen LogP contribution in [-0.4, -0.2) is 12.6 Å². The van der Waals surface area contributed by atoms with Crippen molar-refractivity contribution in [2.24, 2.45) is 0 Å². The van der Waals surface area contributed by atoms with Crippen LogP contribution in [0.3, 0.4) is 0 Å². The van der Waals surface area contributed by atoms with Crippen molar-refractivity contribution in [3.05, 3.63) is 12.4 Å². The smallest absolute Gasteiger partial charge is 0.389 e. The lowest BCUT2D eigenvalue weighted by molar-refractivity contribution is -0.172. The number of esters is 1. The zero-order chi connectivity index (χ0) is 7.44. The predicted molar refractivity (Wildman–Crippen MR) is 22.3 cm³/mol. The van der Waals surface area contributed by atoms with Crippen molar-refractivity contribution in [3.8, 4) is 0 Å². The van der Waals surface area contributed by atoms with E-state index in [4.69, 9.17) is 0 Å². The van der Waals surface area contributed by atoms with Crippen molar-refractivity contribution in [2.75, 3.05) is 0 Å². The van der Waals surface area contributed by atoms with E-state index in [0.29, 0.717) is 0 Å². The lowest BCUT2D eigenvalue weighted by atomic mass is 10.6. The first-order valence-electron chi connectivity index (χ1n) is 1.87. The number of carbonyl (C=O) groups excluding carboxylic acids is 1. The first-order valence-corrected chi connectivity index (χ1v) is 1.87. The minimum Gasteiger partial charge on any atom is -0.398 e. The Balaban J connectivity index is 3.65. The van der Waals surface area contributed by atoms with Crippen LogP contribution in [-0.2, 0) is 9.53 Å². The lowest BCUT2D eigenvalue weighted by Crippen LogP contribution is -2.08. The number of rotatable bonds is 2. The zero-order valence-electron chi connectivity index (χ0n) is 4.23. The van der Waals surface area contributed by atoms with Gasteiger partial charge in [-0.3, -0.25) is 0 Å². The van der Waals surface area contributed by atoms with Crippen molar-refractivity contribution in [3.63, 3.8) is 0 Å². The van der Waals surface area contributed by atoms with Crippen LogP contribution >= 0.6 is 0 Å². The number of carbonyl (C=O) groups is 1. The van der Waals surface area contributed by atoms with E-state index in [-0.39, 0.29) is 0 Å². The first kappa shape index (κ1) is 8.00. The molecule has 0 aromatic carbocycles. The molecule has 0 aromatic heterocycles. The van der Waals surface area contributed by atoms with Crippen LogP contribution in [0, 0.1) is 0 Å². The Morgan fingerprint density at radius 1 is 1.56 bits per heavy atom. The van der Waals surface area contributed by atoms with E-state index in [0.717, 1.165) is 0 Å². The molecule has 0 unspecified atom stereocenters. The highest BCUT2D eigenvalue weighted by Gasteiger charge is 2.12. The van der Waals surface area contributed by atoms with Crippen molar-refractivity contribution in [2.45, 2.75) is 6.61 Å². The van der Waals surface area contributed by atoms with Crippen molar-refractivity contribution < 1.29 is 22.7 Å². The molecule has 0 aromatic rings. The highest BCUT2D eigenvalue weighted by molar-refractivity contribution is 5.85. The van der Waals surface area contributed by atoms with E-state index in [1.54, 1.807) is 0 Å². The third-order valence-electron chi connectivity index (χ3n) is 0.418. The molecule has 0 aliphatic carbocycles. The van der Waals surface area contributed by atoms with Crippen molar-refractivity contribution in [1.82, 2.24) is 0 Å². The van der Waals surface area contributed by atoms with Crippen LogP contribution in [0.25, 0.3) is 0 Å². The summed E-state index contributed by atoms with van der Waals surface area (Å²) < 4.78 is 36.5. The second-order valence-electron chi connectivity index (χ2n) is 1.07. The molecule has 0 rings (SSSR count). The lowest BCUT2D eigenvalue weighted by Gasteiger charge is -1.97. The number of alkyl halides is 2. The van der Waals surface area contributed by atoms with E-state index in [2.05, 4.69) is 11.3 Å². The van der Waals surface area contributed by atoms with Crippen LogP contribution in [0.5, 0.6) is 0 Å². The molecule has 0 fully saturated rings. The number of hydrogen-bond donors (Lipinski definition) is 0. The summed E-state index contributed by atoms with van der Waals surface area (Å²) in [5.74, 6) is -3.26. The quantitative estimate of drug-likeness (QED) is 0.426. The molecule has 0 saturated carbocycles. The van der Waals surface area contributed by atoms with E-state index in [9.17, 15) is 18.0 Å². The van der Waals surface area contributed by atoms with E-state index < -0.39 is 18.4 Å². The molecule has 0 bridgehead atoms. The number of ether oxygens (including phenoxy) is 1. The van der Waals surface area contributed by atoms with Crippen LogP contribution in [0.1, 0.15) is 0 Å². The highest BCUT2D eigenvalue weighted by atomic mass is 19.3. The average molecular weight is 140 g/mol. The summed E-state index contributed by atoms with van der Waals surface area (Å²) in [4.78, 5) is 9.78. The van der Waals surface area contributed by atoms with Gasteiger partial charge in [0.05, 0.1) is 0 Å². The summed E-state index contributed by atoms with van der Waals surface area (Å²) in [6.07, 6.45) is 0. The van der Waals surface area contributed by atoms with Gasteiger partial charge in [0.2, 0.25) is 5.83 Å². The molecule has 0 radical (unpaired) electrons. The van der Waals surface area contributed by atoms with E-state index >= 15 is 0 Å². The van der Waals surface area contributed by atoms with Gasteiger partial charge in [-0.05, 0) is 0 Å². The molecular formula is C4H3F3O2. The van der Waals surface area contributed by atoms with Gasteiger partial charge in [-0.25, -0.2) is 4.79 Å². The fourth-order valence-corrected chi connectivity index (χ4v) is 0.145. The molecular weight excluding hydrogens is 137 g/mol. The Morgan fingerprint density at radius 2 is 2.00 bits per heavy atom. The predicted octanol–water partition coefficient (Wildman–Crippen LogP) is 1.24. The van der Waals surface area contributed by atoms with Gasteiger partial charge >= 0.3 is 12.6 Å². The van der Waals surface area contributed by atoms with Crippen LogP contribution in [0.2, 0.25) is 0 Å². The van der Waals surface area contributed by atoms with Gasteiger partial charge in [-0.2, -0.15) is 13.2 Å². The summed E-state index contributed by atoms with van der Waals surface area (Å²) in [5.41, 5.74) is 0. The van der Waals surface area contributed by atoms with Gasteiger partial charge in [0.25, 0.3) is 0 Å². The van der Waals surface area contributed by atoms with Gasteiger partial charge in [-0.1, -0.05) is 6.58 Å². The van der Waals surface area contributed by atoms with E-state index in [1.807, 2.05) is 0 Å². The van der Waals surface area contributed by atoms with Crippen LogP contribution in [0.4, 0.5) is 13.2 Å². The third kappa shape index (κ3) is 3.57. The molecule has 0 spiro atoms. The van der Waals surface area contributed by atoms with Gasteiger partial charge in [-0.15, -0.1) is 0 Å². The molecule has 0 N–H and O–H groups in total. The minimum atomic E-state index is -3.29. The monoisotopic (exact) mass is 140 g/mol. The summed E-state index contributed by atoms with van der Waals surface area (Å²) in [5, 5.41) is 0. The maximum Gasteiger partial charge on any atom is 0.389 e. The van der Waals surface area contributed by atoms with Crippen LogP contribution < -0.4 is 0 Å². The molecule has 0 aliphatic heterocycles. The molecule has 52 valence electrons. The minimum absolute atomic E-state index is 1.53. The topological polar surface area (TPSA) is 26.3 Å². The third-order valence-corrected chi connectivity index (χ3v) is 0.418. The number of halogens is 3. The molecule has 0 heterocycles. The standard InChI is InChI=1S/C4H3F3O2/c1-2(5)3(8)9-4(6)7/h4H,1H2. The maximum atomic E-state index is 11.5. The fourth-order valence-electron chi connectivity index (χ4n) is 0.145. The SMILES string of the molecule is C=C(F)C(=O)OC(F)F. The molecule has 0 aliphatic rings. The van der Waals surface area contributed by atoms with Gasteiger partial charge < -0.3 is 4.74 Å². The summed E-state index contributed by atoms with van der Waals surface area (Å²) >= 11 is 0. The molecule has 0 amide bonds. The van der Waals surface area contributed by atoms with E-state index in [1.165, 1.54) is 0 Å².